The minimum atomic E-state index is -1.04. The number of anilines is 1. The zero-order chi connectivity index (χ0) is 11.5. The van der Waals surface area contributed by atoms with Crippen LogP contribution in [0.15, 0.2) is 18.2 Å². The van der Waals surface area contributed by atoms with Gasteiger partial charge >= 0.3 is 5.97 Å². The molecule has 1 aliphatic rings. The standard InChI is InChI=1S/C11H12FNO2S/c12-9-2-1-7(11(14)15)5-10(9)13-8-3-4-16-6-8/h1-2,5,8,13H,3-4,6H2,(H,14,15). The average Bonchev–Trinajstić information content (AvgIpc) is 2.73. The smallest absolute Gasteiger partial charge is 0.335 e. The molecule has 0 radical (unpaired) electrons. The van der Waals surface area contributed by atoms with Crippen LogP contribution in [0.3, 0.4) is 0 Å². The second kappa shape index (κ2) is 4.74. The van der Waals surface area contributed by atoms with Crippen LogP contribution >= 0.6 is 11.8 Å². The van der Waals surface area contributed by atoms with Gasteiger partial charge in [-0.3, -0.25) is 0 Å². The minimum absolute atomic E-state index is 0.106. The van der Waals surface area contributed by atoms with E-state index in [0.717, 1.165) is 17.9 Å². The van der Waals surface area contributed by atoms with Crippen molar-refractivity contribution in [2.24, 2.45) is 0 Å². The molecule has 1 aliphatic heterocycles. The second-order valence-corrected chi connectivity index (χ2v) is 4.85. The Morgan fingerprint density at radius 1 is 1.56 bits per heavy atom. The lowest BCUT2D eigenvalue weighted by Crippen LogP contribution is -2.19. The van der Waals surface area contributed by atoms with E-state index >= 15 is 0 Å². The largest absolute Gasteiger partial charge is 0.478 e. The van der Waals surface area contributed by atoms with Crippen LogP contribution in [0.4, 0.5) is 10.1 Å². The van der Waals surface area contributed by atoms with Crippen LogP contribution in [0.25, 0.3) is 0 Å². The molecule has 1 unspecified atom stereocenters. The molecule has 0 bridgehead atoms. The number of rotatable bonds is 3. The van der Waals surface area contributed by atoms with Gasteiger partial charge in [0.1, 0.15) is 5.82 Å². The number of hydrogen-bond donors (Lipinski definition) is 2. The highest BCUT2D eigenvalue weighted by atomic mass is 32.2. The summed E-state index contributed by atoms with van der Waals surface area (Å²) in [6.45, 7) is 0. The number of thioether (sulfide) groups is 1. The van der Waals surface area contributed by atoms with E-state index in [1.807, 2.05) is 11.8 Å². The molecule has 1 heterocycles. The molecule has 5 heteroatoms. The highest BCUT2D eigenvalue weighted by Gasteiger charge is 2.17. The topological polar surface area (TPSA) is 49.3 Å². The van der Waals surface area contributed by atoms with E-state index < -0.39 is 11.8 Å². The van der Waals surface area contributed by atoms with Crippen LogP contribution in [0, 0.1) is 5.82 Å². The molecule has 0 spiro atoms. The number of nitrogens with one attached hydrogen (secondary N) is 1. The first-order valence-electron chi connectivity index (χ1n) is 5.04. The van der Waals surface area contributed by atoms with Crippen molar-refractivity contribution < 1.29 is 14.3 Å². The molecule has 3 nitrogen and oxygen atoms in total. The summed E-state index contributed by atoms with van der Waals surface area (Å²) in [7, 11) is 0. The summed E-state index contributed by atoms with van der Waals surface area (Å²) in [6.07, 6.45) is 0.988. The van der Waals surface area contributed by atoms with Crippen molar-refractivity contribution in [1.82, 2.24) is 0 Å². The van der Waals surface area contributed by atoms with E-state index in [4.69, 9.17) is 5.11 Å². The summed E-state index contributed by atoms with van der Waals surface area (Å²) in [4.78, 5) is 10.7. The highest BCUT2D eigenvalue weighted by molar-refractivity contribution is 7.99. The van der Waals surface area contributed by atoms with Crippen LogP contribution in [-0.2, 0) is 0 Å². The molecule has 1 aromatic carbocycles. The molecule has 86 valence electrons. The molecule has 2 N–H and O–H groups in total. The predicted octanol–water partition coefficient (Wildman–Crippen LogP) is 2.44. The van der Waals surface area contributed by atoms with Gasteiger partial charge in [0.05, 0.1) is 11.3 Å². The Hall–Kier alpha value is -1.23. The molecular weight excluding hydrogens is 229 g/mol. The Morgan fingerprint density at radius 2 is 2.38 bits per heavy atom. The Morgan fingerprint density at radius 3 is 3.00 bits per heavy atom. The summed E-state index contributed by atoms with van der Waals surface area (Å²) in [5.41, 5.74) is 0.391. The van der Waals surface area contributed by atoms with Gasteiger partial charge in [0.25, 0.3) is 0 Å². The van der Waals surface area contributed by atoms with Crippen molar-refractivity contribution in [3.8, 4) is 0 Å². The second-order valence-electron chi connectivity index (χ2n) is 3.70. The molecule has 1 fully saturated rings. The molecule has 1 saturated heterocycles. The Labute approximate surface area is 97.0 Å². The van der Waals surface area contributed by atoms with Crippen molar-refractivity contribution in [2.45, 2.75) is 12.5 Å². The van der Waals surface area contributed by atoms with E-state index in [-0.39, 0.29) is 17.3 Å². The SMILES string of the molecule is O=C(O)c1ccc(F)c(NC2CCSC2)c1. The fourth-order valence-electron chi connectivity index (χ4n) is 1.64. The van der Waals surface area contributed by atoms with Gasteiger partial charge in [-0.1, -0.05) is 0 Å². The third-order valence-electron chi connectivity index (χ3n) is 2.50. The predicted molar refractivity (Wildman–Crippen MR) is 62.7 cm³/mol. The maximum Gasteiger partial charge on any atom is 0.335 e. The molecule has 1 aromatic rings. The summed E-state index contributed by atoms with van der Waals surface area (Å²) >= 11 is 1.82. The number of aromatic carboxylic acids is 1. The van der Waals surface area contributed by atoms with E-state index in [9.17, 15) is 9.18 Å². The first-order chi connectivity index (χ1) is 7.66. The first-order valence-corrected chi connectivity index (χ1v) is 6.19. The zero-order valence-corrected chi connectivity index (χ0v) is 9.39. The van der Waals surface area contributed by atoms with Gasteiger partial charge in [-0.25, -0.2) is 9.18 Å². The molecule has 0 amide bonds. The van der Waals surface area contributed by atoms with Gasteiger partial charge in [-0.15, -0.1) is 0 Å². The molecule has 0 aromatic heterocycles. The lowest BCUT2D eigenvalue weighted by Gasteiger charge is -2.13. The Bertz CT molecular complexity index is 405. The monoisotopic (exact) mass is 241 g/mol. The van der Waals surface area contributed by atoms with Crippen LogP contribution in [0.1, 0.15) is 16.8 Å². The average molecular weight is 241 g/mol. The van der Waals surface area contributed by atoms with Crippen LogP contribution in [0.5, 0.6) is 0 Å². The first kappa shape index (κ1) is 11.3. The lowest BCUT2D eigenvalue weighted by molar-refractivity contribution is 0.0697. The van der Waals surface area contributed by atoms with E-state index in [2.05, 4.69) is 5.32 Å². The summed E-state index contributed by atoms with van der Waals surface area (Å²) < 4.78 is 13.4. The number of carbonyl (C=O) groups is 1. The molecule has 0 aliphatic carbocycles. The Balaban J connectivity index is 2.17. The van der Waals surface area contributed by atoms with Gasteiger partial charge < -0.3 is 10.4 Å². The third kappa shape index (κ3) is 2.47. The van der Waals surface area contributed by atoms with Crippen molar-refractivity contribution in [2.75, 3.05) is 16.8 Å². The summed E-state index contributed by atoms with van der Waals surface area (Å²) in [5.74, 6) is 0.569. The van der Waals surface area contributed by atoms with Gasteiger partial charge in [0.2, 0.25) is 0 Å². The number of carboxylic acid groups (broad SMARTS) is 1. The maximum atomic E-state index is 13.4. The van der Waals surface area contributed by atoms with Gasteiger partial charge in [0, 0.05) is 11.8 Å². The van der Waals surface area contributed by atoms with E-state index in [1.165, 1.54) is 18.2 Å². The highest BCUT2D eigenvalue weighted by Crippen LogP contribution is 2.23. The Kier molecular flexibility index (Phi) is 3.33. The maximum absolute atomic E-state index is 13.4. The van der Waals surface area contributed by atoms with Crippen molar-refractivity contribution in [1.29, 1.82) is 0 Å². The van der Waals surface area contributed by atoms with Crippen LogP contribution < -0.4 is 5.32 Å². The number of benzene rings is 1. The molecule has 1 atom stereocenters. The minimum Gasteiger partial charge on any atom is -0.478 e. The van der Waals surface area contributed by atoms with Crippen LogP contribution in [-0.4, -0.2) is 28.6 Å². The number of halogens is 1. The quantitative estimate of drug-likeness (QED) is 0.853. The van der Waals surface area contributed by atoms with Crippen molar-refractivity contribution in [3.05, 3.63) is 29.6 Å². The molecule has 0 saturated carbocycles. The summed E-state index contributed by atoms with van der Waals surface area (Å²) in [6, 6.07) is 4.05. The number of hydrogen-bond acceptors (Lipinski definition) is 3. The summed E-state index contributed by atoms with van der Waals surface area (Å²) in [5, 5.41) is 11.9. The fraction of sp³-hybridized carbons (Fsp3) is 0.364. The molecule has 2 rings (SSSR count). The fourth-order valence-corrected chi connectivity index (χ4v) is 2.79. The van der Waals surface area contributed by atoms with Crippen molar-refractivity contribution in [3.63, 3.8) is 0 Å². The van der Waals surface area contributed by atoms with E-state index in [0.29, 0.717) is 0 Å². The van der Waals surface area contributed by atoms with Gasteiger partial charge in [-0.05, 0) is 30.4 Å². The number of carboxylic acids is 1. The van der Waals surface area contributed by atoms with Crippen molar-refractivity contribution >= 4 is 23.4 Å². The van der Waals surface area contributed by atoms with Gasteiger partial charge in [0.15, 0.2) is 0 Å². The lowest BCUT2D eigenvalue weighted by atomic mass is 10.1. The van der Waals surface area contributed by atoms with Crippen LogP contribution in [0.2, 0.25) is 0 Å². The zero-order valence-electron chi connectivity index (χ0n) is 8.57. The van der Waals surface area contributed by atoms with E-state index in [1.54, 1.807) is 0 Å². The normalized spacial score (nSPS) is 19.7. The van der Waals surface area contributed by atoms with Gasteiger partial charge in [-0.2, -0.15) is 11.8 Å². The molecule has 16 heavy (non-hydrogen) atoms. The molecular formula is C11H12FNO2S. The third-order valence-corrected chi connectivity index (χ3v) is 3.67.